The summed E-state index contributed by atoms with van der Waals surface area (Å²) in [6.07, 6.45) is 0. The Morgan fingerprint density at radius 1 is 0.829 bits per heavy atom. The maximum Gasteiger partial charge on any atom is 0.267 e. The van der Waals surface area contributed by atoms with Crippen molar-refractivity contribution in [3.8, 4) is 0 Å². The fraction of sp³-hybridized carbons (Fsp3) is 0.176. The summed E-state index contributed by atoms with van der Waals surface area (Å²) in [5.74, 6) is 0.348. The number of amides is 2. The first-order chi connectivity index (χ1) is 19.9. The molecule has 0 unspecified atom stereocenters. The zero-order valence-electron chi connectivity index (χ0n) is 23.1. The Morgan fingerprint density at radius 3 is 2.37 bits per heavy atom. The molecule has 1 aromatic heterocycles. The van der Waals surface area contributed by atoms with Gasteiger partial charge in [0, 0.05) is 40.3 Å². The number of fused-ring (bicyclic) bond motifs is 1. The molecule has 0 saturated heterocycles. The molecule has 0 aliphatic carbocycles. The maximum absolute atomic E-state index is 13.9. The first-order valence-corrected chi connectivity index (χ1v) is 14.6. The number of halogens is 1. The van der Waals surface area contributed by atoms with Crippen molar-refractivity contribution in [3.63, 3.8) is 0 Å². The molecule has 5 aromatic rings. The quantitative estimate of drug-likeness (QED) is 0.170. The number of rotatable bonds is 10. The maximum atomic E-state index is 13.9. The minimum atomic E-state index is -0.322. The number of hydrogen-bond donors (Lipinski definition) is 2. The Morgan fingerprint density at radius 2 is 1.59 bits per heavy atom. The summed E-state index contributed by atoms with van der Waals surface area (Å²) in [7, 11) is 0. The highest BCUT2D eigenvalue weighted by Crippen LogP contribution is 2.29. The summed E-state index contributed by atoms with van der Waals surface area (Å²) in [6.45, 7) is 4.96. The molecule has 2 N–H and O–H groups in total. The summed E-state index contributed by atoms with van der Waals surface area (Å²) < 4.78 is 15.8. The van der Waals surface area contributed by atoms with Gasteiger partial charge >= 0.3 is 0 Å². The molecule has 1 heterocycles. The van der Waals surface area contributed by atoms with E-state index in [4.69, 9.17) is 0 Å². The van der Waals surface area contributed by atoms with Crippen LogP contribution in [0.15, 0.2) is 108 Å². The van der Waals surface area contributed by atoms with Crippen LogP contribution >= 0.6 is 11.8 Å². The molecular formula is C34H32FN3O2S. The van der Waals surface area contributed by atoms with Gasteiger partial charge in [0.15, 0.2) is 0 Å². The number of carbonyl (C=O) groups is 2. The van der Waals surface area contributed by atoms with E-state index in [9.17, 15) is 14.0 Å². The van der Waals surface area contributed by atoms with E-state index in [1.54, 1.807) is 17.8 Å². The summed E-state index contributed by atoms with van der Waals surface area (Å²) in [4.78, 5) is 27.4. The van der Waals surface area contributed by atoms with Gasteiger partial charge in [0.2, 0.25) is 0 Å². The Kier molecular flexibility index (Phi) is 8.85. The number of nitrogens with zero attached hydrogens (tertiary/aromatic N) is 1. The third-order valence-electron chi connectivity index (χ3n) is 6.66. The molecule has 208 valence electrons. The van der Waals surface area contributed by atoms with E-state index in [0.29, 0.717) is 36.0 Å². The Bertz CT molecular complexity index is 1680. The van der Waals surface area contributed by atoms with E-state index in [1.165, 1.54) is 17.7 Å². The molecule has 5 rings (SSSR count). The predicted molar refractivity (Wildman–Crippen MR) is 165 cm³/mol. The lowest BCUT2D eigenvalue weighted by Crippen LogP contribution is -2.29. The number of nitrogens with one attached hydrogen (secondary N) is 2. The zero-order valence-corrected chi connectivity index (χ0v) is 23.9. The van der Waals surface area contributed by atoms with Gasteiger partial charge in [0.25, 0.3) is 11.8 Å². The van der Waals surface area contributed by atoms with Crippen LogP contribution in [0.2, 0.25) is 0 Å². The topological polar surface area (TPSA) is 63.1 Å². The van der Waals surface area contributed by atoms with Crippen molar-refractivity contribution in [1.82, 2.24) is 9.88 Å². The molecule has 0 bridgehead atoms. The van der Waals surface area contributed by atoms with Gasteiger partial charge in [-0.05, 0) is 65.6 Å². The van der Waals surface area contributed by atoms with Crippen LogP contribution in [0.4, 0.5) is 10.1 Å². The summed E-state index contributed by atoms with van der Waals surface area (Å²) >= 11 is 1.62. The number of thioether (sulfide) groups is 1. The molecule has 0 radical (unpaired) electrons. The van der Waals surface area contributed by atoms with E-state index < -0.39 is 0 Å². The van der Waals surface area contributed by atoms with E-state index in [0.717, 1.165) is 27.1 Å². The first-order valence-electron chi connectivity index (χ1n) is 13.6. The lowest BCUT2D eigenvalue weighted by Gasteiger charge is -2.13. The molecule has 7 heteroatoms. The number of hydrogen-bond acceptors (Lipinski definition) is 3. The Balaban J connectivity index is 1.41. The highest BCUT2D eigenvalue weighted by molar-refractivity contribution is 7.98. The average molecular weight is 566 g/mol. The van der Waals surface area contributed by atoms with Crippen LogP contribution in [-0.2, 0) is 12.3 Å². The predicted octanol–water partition coefficient (Wildman–Crippen LogP) is 7.76. The summed E-state index contributed by atoms with van der Waals surface area (Å²) in [5, 5.41) is 6.83. The minimum Gasteiger partial charge on any atom is -0.351 e. The van der Waals surface area contributed by atoms with Gasteiger partial charge in [-0.15, -0.1) is 11.8 Å². The fourth-order valence-electron chi connectivity index (χ4n) is 4.63. The van der Waals surface area contributed by atoms with Crippen LogP contribution in [0.1, 0.15) is 45.8 Å². The van der Waals surface area contributed by atoms with E-state index in [2.05, 4.69) is 22.8 Å². The van der Waals surface area contributed by atoms with Crippen molar-refractivity contribution in [2.24, 2.45) is 5.92 Å². The largest absolute Gasteiger partial charge is 0.351 e. The van der Waals surface area contributed by atoms with Gasteiger partial charge in [-0.25, -0.2) is 4.39 Å². The molecule has 0 aliphatic heterocycles. The van der Waals surface area contributed by atoms with Gasteiger partial charge < -0.3 is 15.2 Å². The second-order valence-electron chi connectivity index (χ2n) is 10.3. The molecule has 5 nitrogen and oxygen atoms in total. The van der Waals surface area contributed by atoms with Gasteiger partial charge in [0.1, 0.15) is 11.5 Å². The standard InChI is InChI=1S/C34H32FN3O2S/c1-23(2)20-36-34(40)31-19-26-18-28(15-16-30(26)38(31)21-25-11-8-12-27(35)17-25)37-33(39)29-13-6-7-14-32(29)41-22-24-9-4-3-5-10-24/h3-19,23H,20-22H2,1-2H3,(H,36,40)(H,37,39). The van der Waals surface area contributed by atoms with Crippen molar-refractivity contribution in [2.75, 3.05) is 11.9 Å². The van der Waals surface area contributed by atoms with Crippen LogP contribution in [0.3, 0.4) is 0 Å². The Labute approximate surface area is 243 Å². The molecule has 0 saturated carbocycles. The summed E-state index contributed by atoms with van der Waals surface area (Å²) in [6, 6.07) is 31.5. The van der Waals surface area contributed by atoms with E-state index in [-0.39, 0.29) is 17.6 Å². The zero-order chi connectivity index (χ0) is 28.8. The van der Waals surface area contributed by atoms with Crippen LogP contribution in [0, 0.1) is 11.7 Å². The van der Waals surface area contributed by atoms with Gasteiger partial charge in [0.05, 0.1) is 5.56 Å². The van der Waals surface area contributed by atoms with Crippen LogP contribution in [0.5, 0.6) is 0 Å². The smallest absolute Gasteiger partial charge is 0.267 e. The van der Waals surface area contributed by atoms with Gasteiger partial charge in [-0.2, -0.15) is 0 Å². The van der Waals surface area contributed by atoms with E-state index in [1.807, 2.05) is 91.2 Å². The molecule has 4 aromatic carbocycles. The molecule has 0 aliphatic rings. The lowest BCUT2D eigenvalue weighted by atomic mass is 10.2. The van der Waals surface area contributed by atoms with Crippen molar-refractivity contribution in [3.05, 3.63) is 131 Å². The number of anilines is 1. The third kappa shape index (κ3) is 7.05. The number of aromatic nitrogens is 1. The normalized spacial score (nSPS) is 11.1. The molecule has 0 fully saturated rings. The number of carbonyl (C=O) groups excluding carboxylic acids is 2. The molecule has 0 atom stereocenters. The highest BCUT2D eigenvalue weighted by atomic mass is 32.2. The third-order valence-corrected chi connectivity index (χ3v) is 7.81. The summed E-state index contributed by atoms with van der Waals surface area (Å²) in [5.41, 5.74) is 4.47. The average Bonchev–Trinajstić information content (AvgIpc) is 3.32. The second kappa shape index (κ2) is 12.9. The van der Waals surface area contributed by atoms with Gasteiger partial charge in [-0.1, -0.05) is 68.4 Å². The molecule has 0 spiro atoms. The van der Waals surface area contributed by atoms with Gasteiger partial charge in [-0.3, -0.25) is 9.59 Å². The fourth-order valence-corrected chi connectivity index (χ4v) is 5.63. The van der Waals surface area contributed by atoms with Crippen molar-refractivity contribution < 1.29 is 14.0 Å². The van der Waals surface area contributed by atoms with Crippen molar-refractivity contribution in [1.29, 1.82) is 0 Å². The van der Waals surface area contributed by atoms with Crippen LogP contribution < -0.4 is 10.6 Å². The SMILES string of the molecule is CC(C)CNC(=O)c1cc2cc(NC(=O)c3ccccc3SCc3ccccc3)ccc2n1Cc1cccc(F)c1. The minimum absolute atomic E-state index is 0.193. The molecular weight excluding hydrogens is 533 g/mol. The second-order valence-corrected chi connectivity index (χ2v) is 11.4. The van der Waals surface area contributed by atoms with Crippen molar-refractivity contribution in [2.45, 2.75) is 31.0 Å². The number of benzene rings is 4. The van der Waals surface area contributed by atoms with Crippen molar-refractivity contribution >= 4 is 40.2 Å². The first kappa shape index (κ1) is 28.2. The molecule has 2 amide bonds. The van der Waals surface area contributed by atoms with E-state index >= 15 is 0 Å². The monoisotopic (exact) mass is 565 g/mol. The lowest BCUT2D eigenvalue weighted by molar-refractivity contribution is 0.0940. The Hall–Kier alpha value is -4.36. The molecule has 41 heavy (non-hydrogen) atoms. The van der Waals surface area contributed by atoms with Crippen LogP contribution in [0.25, 0.3) is 10.9 Å². The highest BCUT2D eigenvalue weighted by Gasteiger charge is 2.18. The van der Waals surface area contributed by atoms with Crippen LogP contribution in [-0.4, -0.2) is 22.9 Å².